The third kappa shape index (κ3) is 4.51. The van der Waals surface area contributed by atoms with Crippen molar-refractivity contribution in [3.63, 3.8) is 0 Å². The monoisotopic (exact) mass is 447 g/mol. The standard InChI is InChI=1S/C27H29NO5/c1-17(2)25-23(32-16-19-9-6-5-7-10-19)13-14-24(27(25)31-4)33-26-18(3)15-22(28(29)30)20-11-8-12-21(20)26/h5-7,9-10,13-15,17H,8,11-12,16H2,1-4H3. The summed E-state index contributed by atoms with van der Waals surface area (Å²) < 4.78 is 18.4. The minimum atomic E-state index is -0.294. The molecule has 172 valence electrons. The summed E-state index contributed by atoms with van der Waals surface area (Å²) in [5.41, 5.74) is 4.67. The summed E-state index contributed by atoms with van der Waals surface area (Å²) in [4.78, 5) is 11.2. The van der Waals surface area contributed by atoms with E-state index >= 15 is 0 Å². The van der Waals surface area contributed by atoms with E-state index in [-0.39, 0.29) is 16.5 Å². The van der Waals surface area contributed by atoms with Crippen molar-refractivity contribution >= 4 is 5.69 Å². The second-order valence-electron chi connectivity index (χ2n) is 8.65. The molecule has 1 aliphatic rings. The second kappa shape index (κ2) is 9.53. The van der Waals surface area contributed by atoms with E-state index in [0.717, 1.165) is 46.4 Å². The van der Waals surface area contributed by atoms with E-state index in [1.807, 2.05) is 49.4 Å². The Labute approximate surface area is 194 Å². The van der Waals surface area contributed by atoms with Crippen molar-refractivity contribution < 1.29 is 19.1 Å². The van der Waals surface area contributed by atoms with E-state index in [1.165, 1.54) is 0 Å². The molecule has 0 saturated carbocycles. The number of aryl methyl sites for hydroxylation is 1. The van der Waals surface area contributed by atoms with E-state index in [9.17, 15) is 10.1 Å². The highest BCUT2D eigenvalue weighted by Gasteiger charge is 2.29. The molecule has 0 heterocycles. The number of nitro benzene ring substituents is 1. The molecule has 0 radical (unpaired) electrons. The SMILES string of the molecule is COc1c(Oc2c(C)cc([N+](=O)[O-])c3c2CCC3)ccc(OCc2ccccc2)c1C(C)C. The predicted molar refractivity (Wildman–Crippen MR) is 128 cm³/mol. The van der Waals surface area contributed by atoms with Gasteiger partial charge in [0.05, 0.1) is 12.0 Å². The molecule has 0 fully saturated rings. The van der Waals surface area contributed by atoms with Gasteiger partial charge in [-0.3, -0.25) is 10.1 Å². The van der Waals surface area contributed by atoms with E-state index in [2.05, 4.69) is 13.8 Å². The first-order valence-electron chi connectivity index (χ1n) is 11.3. The van der Waals surface area contributed by atoms with Gasteiger partial charge in [-0.05, 0) is 55.4 Å². The number of benzene rings is 3. The van der Waals surface area contributed by atoms with Gasteiger partial charge in [0, 0.05) is 22.8 Å². The summed E-state index contributed by atoms with van der Waals surface area (Å²) in [6.45, 7) is 6.49. The van der Waals surface area contributed by atoms with Crippen molar-refractivity contribution in [2.45, 2.75) is 52.6 Å². The number of rotatable bonds is 8. The van der Waals surface area contributed by atoms with Crippen LogP contribution in [0.1, 0.15) is 54.0 Å². The third-order valence-corrected chi connectivity index (χ3v) is 6.06. The number of nitro groups is 1. The molecular weight excluding hydrogens is 418 g/mol. The highest BCUT2D eigenvalue weighted by molar-refractivity contribution is 5.62. The van der Waals surface area contributed by atoms with Crippen molar-refractivity contribution in [1.82, 2.24) is 0 Å². The highest BCUT2D eigenvalue weighted by atomic mass is 16.6. The molecule has 0 aliphatic heterocycles. The van der Waals surface area contributed by atoms with Gasteiger partial charge in [0.2, 0.25) is 0 Å². The van der Waals surface area contributed by atoms with E-state index in [0.29, 0.717) is 30.3 Å². The van der Waals surface area contributed by atoms with Crippen molar-refractivity contribution in [3.8, 4) is 23.0 Å². The van der Waals surface area contributed by atoms with Gasteiger partial charge in [0.15, 0.2) is 11.5 Å². The van der Waals surface area contributed by atoms with Crippen LogP contribution in [0.25, 0.3) is 0 Å². The minimum Gasteiger partial charge on any atom is -0.492 e. The van der Waals surface area contributed by atoms with Crippen LogP contribution in [0.2, 0.25) is 0 Å². The van der Waals surface area contributed by atoms with E-state index < -0.39 is 0 Å². The zero-order valence-corrected chi connectivity index (χ0v) is 19.5. The first-order chi connectivity index (χ1) is 15.9. The Bertz CT molecular complexity index is 1170. The molecule has 0 spiro atoms. The van der Waals surface area contributed by atoms with Crippen LogP contribution in [0.15, 0.2) is 48.5 Å². The van der Waals surface area contributed by atoms with Crippen LogP contribution in [0.5, 0.6) is 23.0 Å². The molecule has 0 aromatic heterocycles. The Kier molecular flexibility index (Phi) is 6.54. The summed E-state index contributed by atoms with van der Waals surface area (Å²) in [5.74, 6) is 2.79. The van der Waals surface area contributed by atoms with Gasteiger partial charge in [0.25, 0.3) is 5.69 Å². The molecule has 4 rings (SSSR count). The number of hydrogen-bond donors (Lipinski definition) is 0. The molecule has 0 bridgehead atoms. The Morgan fingerprint density at radius 3 is 2.36 bits per heavy atom. The second-order valence-corrected chi connectivity index (χ2v) is 8.65. The Balaban J connectivity index is 1.71. The Morgan fingerprint density at radius 2 is 1.70 bits per heavy atom. The van der Waals surface area contributed by atoms with Crippen molar-refractivity contribution in [2.24, 2.45) is 0 Å². The lowest BCUT2D eigenvalue weighted by molar-refractivity contribution is -0.385. The average molecular weight is 448 g/mol. The van der Waals surface area contributed by atoms with Crippen molar-refractivity contribution in [2.75, 3.05) is 7.11 Å². The number of fused-ring (bicyclic) bond motifs is 1. The zero-order valence-electron chi connectivity index (χ0n) is 19.5. The van der Waals surface area contributed by atoms with E-state index in [1.54, 1.807) is 13.2 Å². The molecular formula is C27H29NO5. The molecule has 33 heavy (non-hydrogen) atoms. The smallest absolute Gasteiger partial charge is 0.273 e. The molecule has 0 amide bonds. The van der Waals surface area contributed by atoms with E-state index in [4.69, 9.17) is 14.2 Å². The van der Waals surface area contributed by atoms with Gasteiger partial charge in [-0.25, -0.2) is 0 Å². The van der Waals surface area contributed by atoms with Gasteiger partial charge in [-0.15, -0.1) is 0 Å². The van der Waals surface area contributed by atoms with Crippen LogP contribution in [-0.2, 0) is 19.4 Å². The zero-order chi connectivity index (χ0) is 23.5. The molecule has 0 unspecified atom stereocenters. The minimum absolute atomic E-state index is 0.137. The maximum absolute atomic E-state index is 11.5. The topological polar surface area (TPSA) is 70.8 Å². The third-order valence-electron chi connectivity index (χ3n) is 6.06. The molecule has 3 aromatic rings. The lowest BCUT2D eigenvalue weighted by Gasteiger charge is -2.22. The fourth-order valence-electron chi connectivity index (χ4n) is 4.55. The van der Waals surface area contributed by atoms with Crippen LogP contribution in [-0.4, -0.2) is 12.0 Å². The van der Waals surface area contributed by atoms with Gasteiger partial charge in [-0.1, -0.05) is 44.2 Å². The summed E-state index contributed by atoms with van der Waals surface area (Å²) in [6.07, 6.45) is 2.35. The van der Waals surface area contributed by atoms with Crippen LogP contribution < -0.4 is 14.2 Å². The molecule has 0 atom stereocenters. The van der Waals surface area contributed by atoms with Crippen molar-refractivity contribution in [3.05, 3.63) is 86.5 Å². The summed E-state index contributed by atoms with van der Waals surface area (Å²) >= 11 is 0. The van der Waals surface area contributed by atoms with Gasteiger partial charge < -0.3 is 14.2 Å². The Hall–Kier alpha value is -3.54. The highest BCUT2D eigenvalue weighted by Crippen LogP contribution is 2.47. The normalized spacial score (nSPS) is 12.5. The first kappa shape index (κ1) is 22.6. The molecule has 3 aromatic carbocycles. The number of methoxy groups -OCH3 is 1. The number of hydrogen-bond acceptors (Lipinski definition) is 5. The predicted octanol–water partition coefficient (Wildman–Crippen LogP) is 6.90. The van der Waals surface area contributed by atoms with Gasteiger partial charge in [0.1, 0.15) is 18.1 Å². The maximum atomic E-state index is 11.5. The molecule has 6 nitrogen and oxygen atoms in total. The van der Waals surface area contributed by atoms with Crippen molar-refractivity contribution in [1.29, 1.82) is 0 Å². The van der Waals surface area contributed by atoms with Gasteiger partial charge in [-0.2, -0.15) is 0 Å². The molecule has 0 N–H and O–H groups in total. The quantitative estimate of drug-likeness (QED) is 0.278. The summed E-state index contributed by atoms with van der Waals surface area (Å²) in [6, 6.07) is 15.4. The number of ether oxygens (including phenoxy) is 3. The number of nitrogens with zero attached hydrogens (tertiary/aromatic N) is 1. The van der Waals surface area contributed by atoms with Crippen LogP contribution >= 0.6 is 0 Å². The molecule has 0 saturated heterocycles. The molecule has 6 heteroatoms. The summed E-state index contributed by atoms with van der Waals surface area (Å²) in [5, 5.41) is 11.5. The lowest BCUT2D eigenvalue weighted by Crippen LogP contribution is -2.05. The fraction of sp³-hybridized carbons (Fsp3) is 0.333. The lowest BCUT2D eigenvalue weighted by atomic mass is 9.99. The Morgan fingerprint density at radius 1 is 1.00 bits per heavy atom. The largest absolute Gasteiger partial charge is 0.492 e. The fourth-order valence-corrected chi connectivity index (χ4v) is 4.55. The van der Waals surface area contributed by atoms with Gasteiger partial charge >= 0.3 is 0 Å². The average Bonchev–Trinajstić information content (AvgIpc) is 3.29. The first-order valence-corrected chi connectivity index (χ1v) is 11.3. The van der Waals surface area contributed by atoms with Crippen LogP contribution in [0.4, 0.5) is 5.69 Å². The van der Waals surface area contributed by atoms with Crippen LogP contribution in [0, 0.1) is 17.0 Å². The maximum Gasteiger partial charge on any atom is 0.273 e. The van der Waals surface area contributed by atoms with Crippen LogP contribution in [0.3, 0.4) is 0 Å². The summed E-state index contributed by atoms with van der Waals surface area (Å²) in [7, 11) is 1.63. The molecule has 1 aliphatic carbocycles.